The number of aromatic amines is 1. The molecule has 1 N–H and O–H groups in total. The molecule has 3 heterocycles. The number of rotatable bonds is 2. The van der Waals surface area contributed by atoms with Crippen LogP contribution in [0.25, 0.3) is 22.4 Å². The highest BCUT2D eigenvalue weighted by Gasteiger charge is 2.31. The van der Waals surface area contributed by atoms with Crippen molar-refractivity contribution in [2.24, 2.45) is 0 Å². The highest BCUT2D eigenvalue weighted by atomic mass is 19.4. The van der Waals surface area contributed by atoms with Gasteiger partial charge < -0.3 is 4.74 Å². The summed E-state index contributed by atoms with van der Waals surface area (Å²) in [5.41, 5.74) is -1.01. The van der Waals surface area contributed by atoms with Crippen LogP contribution >= 0.6 is 0 Å². The molecule has 4 aromatic rings. The molecule has 10 heteroatoms. The van der Waals surface area contributed by atoms with Crippen molar-refractivity contribution >= 4 is 16.6 Å². The molecule has 1 aromatic carbocycles. The molecule has 0 radical (unpaired) electrons. The summed E-state index contributed by atoms with van der Waals surface area (Å²) >= 11 is 0. The van der Waals surface area contributed by atoms with Gasteiger partial charge in [0.25, 0.3) is 5.56 Å². The molecule has 0 spiro atoms. The lowest BCUT2D eigenvalue weighted by molar-refractivity contribution is -0.274. The molecule has 0 unspecified atom stereocenters. The van der Waals surface area contributed by atoms with E-state index in [-0.39, 0.29) is 10.9 Å². The van der Waals surface area contributed by atoms with E-state index in [4.69, 9.17) is 0 Å². The summed E-state index contributed by atoms with van der Waals surface area (Å²) in [4.78, 5) is 30.7. The Labute approximate surface area is 141 Å². The second-order valence-electron chi connectivity index (χ2n) is 5.36. The zero-order chi connectivity index (χ0) is 18.5. The minimum absolute atomic E-state index is 0.0262. The number of fused-ring (bicyclic) bond motifs is 2. The molecule has 7 nitrogen and oxygen atoms in total. The minimum atomic E-state index is -4.90. The highest BCUT2D eigenvalue weighted by molar-refractivity contribution is 5.81. The second-order valence-corrected chi connectivity index (χ2v) is 5.36. The van der Waals surface area contributed by atoms with Crippen LogP contribution in [0, 0.1) is 0 Å². The third-order valence-electron chi connectivity index (χ3n) is 3.75. The number of hydrogen-bond donors (Lipinski definition) is 1. The largest absolute Gasteiger partial charge is 0.573 e. The molecule has 3 aromatic heterocycles. The Morgan fingerprint density at radius 2 is 1.92 bits per heavy atom. The fourth-order valence-electron chi connectivity index (χ4n) is 2.76. The number of H-pyrrole nitrogens is 1. The number of hydrogen-bond acceptors (Lipinski definition) is 4. The van der Waals surface area contributed by atoms with Crippen LogP contribution in [-0.2, 0) is 0 Å². The standard InChI is InChI=1S/C16H9F3N4O3/c17-16(18,19)26-9-4-5-10-11(8-9)23(15(25)21-14(10)24)13-3-1-2-12-20-6-7-22(12)13/h1-8H,(H,21,24,25). The number of nitrogens with zero attached hydrogens (tertiary/aromatic N) is 3. The Morgan fingerprint density at radius 3 is 2.69 bits per heavy atom. The molecular weight excluding hydrogens is 353 g/mol. The lowest BCUT2D eigenvalue weighted by atomic mass is 10.2. The van der Waals surface area contributed by atoms with Crippen LogP contribution in [0.1, 0.15) is 0 Å². The maximum absolute atomic E-state index is 12.5. The third kappa shape index (κ3) is 2.61. The number of benzene rings is 1. The third-order valence-corrected chi connectivity index (χ3v) is 3.75. The van der Waals surface area contributed by atoms with Gasteiger partial charge in [0.1, 0.15) is 17.2 Å². The summed E-state index contributed by atoms with van der Waals surface area (Å²) < 4.78 is 44.1. The zero-order valence-electron chi connectivity index (χ0n) is 12.8. The fraction of sp³-hybridized carbons (Fsp3) is 0.0625. The Morgan fingerprint density at radius 1 is 1.12 bits per heavy atom. The Balaban J connectivity index is 2.08. The first-order chi connectivity index (χ1) is 12.3. The number of imidazole rings is 1. The van der Waals surface area contributed by atoms with Gasteiger partial charge in [-0.15, -0.1) is 13.2 Å². The van der Waals surface area contributed by atoms with Gasteiger partial charge in [0.15, 0.2) is 0 Å². The second kappa shape index (κ2) is 5.48. The van der Waals surface area contributed by atoms with Crippen molar-refractivity contribution in [1.82, 2.24) is 18.9 Å². The van der Waals surface area contributed by atoms with Crippen molar-refractivity contribution in [3.63, 3.8) is 0 Å². The van der Waals surface area contributed by atoms with Gasteiger partial charge in [0.05, 0.1) is 10.9 Å². The molecule has 132 valence electrons. The molecule has 0 saturated carbocycles. The summed E-state index contributed by atoms with van der Waals surface area (Å²) in [5.74, 6) is -0.239. The van der Waals surface area contributed by atoms with Crippen LogP contribution in [0.4, 0.5) is 13.2 Å². The molecule has 26 heavy (non-hydrogen) atoms. The molecule has 4 rings (SSSR count). The molecule has 0 aliphatic carbocycles. The Kier molecular flexibility index (Phi) is 3.36. The molecule has 0 fully saturated rings. The monoisotopic (exact) mass is 362 g/mol. The predicted molar refractivity (Wildman–Crippen MR) is 85.6 cm³/mol. The summed E-state index contributed by atoms with van der Waals surface area (Å²) in [6, 6.07) is 8.08. The number of aromatic nitrogens is 4. The first-order valence-corrected chi connectivity index (χ1v) is 7.31. The van der Waals surface area contributed by atoms with Gasteiger partial charge in [-0.25, -0.2) is 14.3 Å². The summed E-state index contributed by atoms with van der Waals surface area (Å²) in [6.07, 6.45) is -1.80. The molecule has 0 aliphatic rings. The smallest absolute Gasteiger partial charge is 0.406 e. The summed E-state index contributed by atoms with van der Waals surface area (Å²) in [5, 5.41) is 0.0382. The fourth-order valence-corrected chi connectivity index (χ4v) is 2.76. The SMILES string of the molecule is O=c1[nH]c(=O)n(-c2cccc3nccn23)c2cc(OC(F)(F)F)ccc12. The van der Waals surface area contributed by atoms with Gasteiger partial charge in [0.2, 0.25) is 0 Å². The maximum atomic E-state index is 12.5. The number of halogens is 3. The molecule has 0 atom stereocenters. The highest BCUT2D eigenvalue weighted by Crippen LogP contribution is 2.26. The van der Waals surface area contributed by atoms with Crippen LogP contribution < -0.4 is 16.0 Å². The quantitative estimate of drug-likeness (QED) is 0.593. The average Bonchev–Trinajstić information content (AvgIpc) is 3.02. The number of alkyl halides is 3. The van der Waals surface area contributed by atoms with E-state index in [0.29, 0.717) is 11.5 Å². The lowest BCUT2D eigenvalue weighted by Crippen LogP contribution is -2.30. The van der Waals surface area contributed by atoms with Crippen molar-refractivity contribution in [3.05, 3.63) is 69.6 Å². The molecule has 0 amide bonds. The predicted octanol–water partition coefficient (Wildman–Crippen LogP) is 2.23. The van der Waals surface area contributed by atoms with Crippen molar-refractivity contribution in [3.8, 4) is 11.6 Å². The van der Waals surface area contributed by atoms with E-state index in [2.05, 4.69) is 14.7 Å². The van der Waals surface area contributed by atoms with Gasteiger partial charge in [-0.3, -0.25) is 14.2 Å². The van der Waals surface area contributed by atoms with Crippen LogP contribution in [-0.4, -0.2) is 25.3 Å². The summed E-state index contributed by atoms with van der Waals surface area (Å²) in [7, 11) is 0. The van der Waals surface area contributed by atoms with Gasteiger partial charge >= 0.3 is 12.1 Å². The van der Waals surface area contributed by atoms with E-state index in [1.54, 1.807) is 28.8 Å². The number of ether oxygens (including phenoxy) is 1. The topological polar surface area (TPSA) is 81.4 Å². The van der Waals surface area contributed by atoms with E-state index in [1.807, 2.05) is 0 Å². The summed E-state index contributed by atoms with van der Waals surface area (Å²) in [6.45, 7) is 0. The van der Waals surface area contributed by atoms with Gasteiger partial charge in [-0.05, 0) is 24.3 Å². The maximum Gasteiger partial charge on any atom is 0.573 e. The van der Waals surface area contributed by atoms with E-state index in [9.17, 15) is 22.8 Å². The van der Waals surface area contributed by atoms with E-state index in [0.717, 1.165) is 16.7 Å². The van der Waals surface area contributed by atoms with E-state index >= 15 is 0 Å². The van der Waals surface area contributed by atoms with E-state index < -0.39 is 23.4 Å². The number of pyridine rings is 1. The van der Waals surface area contributed by atoms with Gasteiger partial charge in [-0.2, -0.15) is 0 Å². The molecule has 0 aliphatic heterocycles. The minimum Gasteiger partial charge on any atom is -0.406 e. The Hall–Kier alpha value is -3.56. The van der Waals surface area contributed by atoms with Crippen molar-refractivity contribution < 1.29 is 17.9 Å². The first kappa shape index (κ1) is 15.9. The number of nitrogens with one attached hydrogen (secondary N) is 1. The normalized spacial score (nSPS) is 12.0. The van der Waals surface area contributed by atoms with Crippen LogP contribution in [0.15, 0.2) is 58.4 Å². The van der Waals surface area contributed by atoms with Crippen LogP contribution in [0.2, 0.25) is 0 Å². The van der Waals surface area contributed by atoms with Crippen LogP contribution in [0.3, 0.4) is 0 Å². The lowest BCUT2D eigenvalue weighted by Gasteiger charge is -2.13. The van der Waals surface area contributed by atoms with Crippen molar-refractivity contribution in [2.45, 2.75) is 6.36 Å². The Bertz CT molecular complexity index is 1250. The zero-order valence-corrected chi connectivity index (χ0v) is 12.8. The van der Waals surface area contributed by atoms with Gasteiger partial charge in [-0.1, -0.05) is 6.07 Å². The van der Waals surface area contributed by atoms with Crippen molar-refractivity contribution in [1.29, 1.82) is 0 Å². The average molecular weight is 362 g/mol. The van der Waals surface area contributed by atoms with Crippen molar-refractivity contribution in [2.75, 3.05) is 0 Å². The molecule has 0 bridgehead atoms. The molecule has 0 saturated heterocycles. The van der Waals surface area contributed by atoms with E-state index in [1.165, 1.54) is 12.3 Å². The van der Waals surface area contributed by atoms with Crippen LogP contribution in [0.5, 0.6) is 5.75 Å². The molecular formula is C16H9F3N4O3. The van der Waals surface area contributed by atoms with Gasteiger partial charge in [0, 0.05) is 18.5 Å². The first-order valence-electron chi connectivity index (χ1n) is 7.31.